The molecule has 126 valence electrons. The van der Waals surface area contributed by atoms with E-state index in [0.29, 0.717) is 29.0 Å². The zero-order valence-electron chi connectivity index (χ0n) is 13.6. The lowest BCUT2D eigenvalue weighted by Crippen LogP contribution is -2.25. The molecule has 24 heavy (non-hydrogen) atoms. The summed E-state index contributed by atoms with van der Waals surface area (Å²) in [4.78, 5) is 11.7. The van der Waals surface area contributed by atoms with Crippen molar-refractivity contribution < 1.29 is 9.18 Å². The molecule has 5 nitrogen and oxygen atoms in total. The van der Waals surface area contributed by atoms with Crippen LogP contribution in [-0.2, 0) is 11.3 Å². The number of carbonyl (C=O) groups is 1. The number of benzene rings is 1. The predicted octanol–water partition coefficient (Wildman–Crippen LogP) is 2.58. The van der Waals surface area contributed by atoms with Gasteiger partial charge in [-0.2, -0.15) is 0 Å². The minimum atomic E-state index is -0.349. The van der Waals surface area contributed by atoms with Crippen molar-refractivity contribution >= 4 is 17.7 Å². The molecule has 0 spiro atoms. The SMILES string of the molecule is C#CCNC(=O)CSc1nnc(-c2ccccc2F)n1CC(C)C. The number of nitrogens with one attached hydrogen (secondary N) is 1. The van der Waals surface area contributed by atoms with Gasteiger partial charge in [0.1, 0.15) is 5.82 Å². The molecule has 1 aromatic carbocycles. The second kappa shape index (κ2) is 8.50. The Labute approximate surface area is 145 Å². The fourth-order valence-corrected chi connectivity index (χ4v) is 2.88. The first-order valence-corrected chi connectivity index (χ1v) is 8.52. The second-order valence-electron chi connectivity index (χ2n) is 5.56. The standard InChI is InChI=1S/C17H19FN4OS/c1-4-9-19-15(23)11-24-17-21-20-16(22(17)10-12(2)3)13-7-5-6-8-14(13)18/h1,5-8,12H,9-11H2,2-3H3,(H,19,23). The van der Waals surface area contributed by atoms with Gasteiger partial charge in [-0.05, 0) is 18.1 Å². The van der Waals surface area contributed by atoms with E-state index in [2.05, 4.69) is 35.3 Å². The lowest BCUT2D eigenvalue weighted by Gasteiger charge is -2.12. The van der Waals surface area contributed by atoms with Crippen LogP contribution in [0.5, 0.6) is 0 Å². The zero-order valence-corrected chi connectivity index (χ0v) is 14.4. The van der Waals surface area contributed by atoms with E-state index in [1.54, 1.807) is 18.2 Å². The molecule has 0 unspecified atom stereocenters. The number of hydrogen-bond acceptors (Lipinski definition) is 4. The first-order valence-electron chi connectivity index (χ1n) is 7.54. The van der Waals surface area contributed by atoms with Gasteiger partial charge in [0.25, 0.3) is 0 Å². The third-order valence-electron chi connectivity index (χ3n) is 3.10. The van der Waals surface area contributed by atoms with E-state index < -0.39 is 0 Å². The van der Waals surface area contributed by atoms with E-state index in [-0.39, 0.29) is 24.0 Å². The highest BCUT2D eigenvalue weighted by atomic mass is 32.2. The average molecular weight is 346 g/mol. The van der Waals surface area contributed by atoms with Crippen molar-refractivity contribution in [1.29, 1.82) is 0 Å². The molecule has 0 aliphatic rings. The molecule has 2 rings (SSSR count). The van der Waals surface area contributed by atoms with Crippen LogP contribution in [0.25, 0.3) is 11.4 Å². The molecule has 0 atom stereocenters. The maximum absolute atomic E-state index is 14.1. The molecule has 1 aromatic heterocycles. The number of thioether (sulfide) groups is 1. The smallest absolute Gasteiger partial charge is 0.231 e. The van der Waals surface area contributed by atoms with E-state index in [4.69, 9.17) is 6.42 Å². The van der Waals surface area contributed by atoms with Gasteiger partial charge < -0.3 is 9.88 Å². The first-order chi connectivity index (χ1) is 11.5. The molecule has 1 N–H and O–H groups in total. The lowest BCUT2D eigenvalue weighted by atomic mass is 10.2. The van der Waals surface area contributed by atoms with Gasteiger partial charge in [0.2, 0.25) is 5.91 Å². The second-order valence-corrected chi connectivity index (χ2v) is 6.50. The summed E-state index contributed by atoms with van der Waals surface area (Å²) in [7, 11) is 0. The van der Waals surface area contributed by atoms with E-state index in [9.17, 15) is 9.18 Å². The molecule has 1 amide bonds. The number of rotatable bonds is 7. The van der Waals surface area contributed by atoms with Crippen LogP contribution in [0.3, 0.4) is 0 Å². The Balaban J connectivity index is 2.25. The number of terminal acetylenes is 1. The zero-order chi connectivity index (χ0) is 17.5. The van der Waals surface area contributed by atoms with E-state index >= 15 is 0 Å². The number of carbonyl (C=O) groups excluding carboxylic acids is 1. The Bertz CT molecular complexity index is 751. The maximum Gasteiger partial charge on any atom is 0.231 e. The van der Waals surface area contributed by atoms with Crippen LogP contribution in [0.4, 0.5) is 4.39 Å². The minimum absolute atomic E-state index is 0.176. The Kier molecular flexibility index (Phi) is 6.38. The quantitative estimate of drug-likeness (QED) is 0.618. The molecular weight excluding hydrogens is 327 g/mol. The monoisotopic (exact) mass is 346 g/mol. The van der Waals surface area contributed by atoms with Crippen LogP contribution in [0.15, 0.2) is 29.4 Å². The molecule has 0 aliphatic carbocycles. The average Bonchev–Trinajstić information content (AvgIpc) is 2.93. The Morgan fingerprint density at radius 2 is 2.17 bits per heavy atom. The molecule has 0 aliphatic heterocycles. The van der Waals surface area contributed by atoms with Crippen LogP contribution in [0, 0.1) is 24.1 Å². The van der Waals surface area contributed by atoms with Crippen LogP contribution < -0.4 is 5.32 Å². The van der Waals surface area contributed by atoms with Crippen molar-refractivity contribution in [3.63, 3.8) is 0 Å². The molecule has 0 fully saturated rings. The summed E-state index contributed by atoms with van der Waals surface area (Å²) in [5, 5.41) is 11.4. The van der Waals surface area contributed by atoms with Gasteiger partial charge in [-0.3, -0.25) is 4.79 Å². The van der Waals surface area contributed by atoms with Gasteiger partial charge >= 0.3 is 0 Å². The fraction of sp³-hybridized carbons (Fsp3) is 0.353. The number of nitrogens with zero attached hydrogens (tertiary/aromatic N) is 3. The van der Waals surface area contributed by atoms with Gasteiger partial charge in [-0.1, -0.05) is 43.7 Å². The van der Waals surface area contributed by atoms with E-state index in [1.165, 1.54) is 17.8 Å². The van der Waals surface area contributed by atoms with Crippen LogP contribution in [0.1, 0.15) is 13.8 Å². The van der Waals surface area contributed by atoms with Gasteiger partial charge in [-0.15, -0.1) is 16.6 Å². The van der Waals surface area contributed by atoms with Gasteiger partial charge in [0.15, 0.2) is 11.0 Å². The molecule has 0 radical (unpaired) electrons. The number of halogens is 1. The third-order valence-corrected chi connectivity index (χ3v) is 4.07. The number of amides is 1. The Hall–Kier alpha value is -2.33. The number of hydrogen-bond donors (Lipinski definition) is 1. The third kappa shape index (κ3) is 4.59. The summed E-state index contributed by atoms with van der Waals surface area (Å²) in [6.45, 7) is 4.93. The lowest BCUT2D eigenvalue weighted by molar-refractivity contribution is -0.118. The maximum atomic E-state index is 14.1. The van der Waals surface area contributed by atoms with Crippen molar-refractivity contribution in [2.24, 2.45) is 5.92 Å². The van der Waals surface area contributed by atoms with Crippen LogP contribution in [0.2, 0.25) is 0 Å². The fourth-order valence-electron chi connectivity index (χ4n) is 2.10. The predicted molar refractivity (Wildman–Crippen MR) is 92.8 cm³/mol. The van der Waals surface area contributed by atoms with E-state index in [1.807, 2.05) is 4.57 Å². The molecule has 0 saturated carbocycles. The van der Waals surface area contributed by atoms with Crippen molar-refractivity contribution in [3.05, 3.63) is 30.1 Å². The highest BCUT2D eigenvalue weighted by molar-refractivity contribution is 7.99. The highest BCUT2D eigenvalue weighted by Gasteiger charge is 2.18. The van der Waals surface area contributed by atoms with Crippen LogP contribution in [-0.4, -0.2) is 33.0 Å². The van der Waals surface area contributed by atoms with Crippen molar-refractivity contribution in [2.45, 2.75) is 25.5 Å². The summed E-state index contributed by atoms with van der Waals surface area (Å²) in [5.74, 6) is 2.79. The summed E-state index contributed by atoms with van der Waals surface area (Å²) in [6.07, 6.45) is 5.11. The highest BCUT2D eigenvalue weighted by Crippen LogP contribution is 2.26. The summed E-state index contributed by atoms with van der Waals surface area (Å²) in [5.41, 5.74) is 0.397. The van der Waals surface area contributed by atoms with Crippen molar-refractivity contribution in [3.8, 4) is 23.7 Å². The Morgan fingerprint density at radius 3 is 2.83 bits per heavy atom. The molecular formula is C17H19FN4OS. The molecule has 0 saturated heterocycles. The summed E-state index contributed by atoms with van der Waals surface area (Å²) >= 11 is 1.26. The van der Waals surface area contributed by atoms with Crippen LogP contribution >= 0.6 is 11.8 Å². The van der Waals surface area contributed by atoms with Gasteiger partial charge in [0.05, 0.1) is 17.9 Å². The molecule has 2 aromatic rings. The number of aromatic nitrogens is 3. The normalized spacial score (nSPS) is 10.6. The summed E-state index contributed by atoms with van der Waals surface area (Å²) < 4.78 is 15.9. The Morgan fingerprint density at radius 1 is 1.42 bits per heavy atom. The molecule has 0 bridgehead atoms. The van der Waals surface area contributed by atoms with Gasteiger partial charge in [-0.25, -0.2) is 4.39 Å². The topological polar surface area (TPSA) is 59.8 Å². The van der Waals surface area contributed by atoms with Crippen molar-refractivity contribution in [2.75, 3.05) is 12.3 Å². The molecule has 1 heterocycles. The van der Waals surface area contributed by atoms with Gasteiger partial charge in [0, 0.05) is 6.54 Å². The molecule has 7 heteroatoms. The van der Waals surface area contributed by atoms with E-state index in [0.717, 1.165) is 0 Å². The first kappa shape index (κ1) is 18.0. The largest absolute Gasteiger partial charge is 0.344 e. The minimum Gasteiger partial charge on any atom is -0.344 e. The van der Waals surface area contributed by atoms with Crippen molar-refractivity contribution in [1.82, 2.24) is 20.1 Å². The summed E-state index contributed by atoms with van der Waals surface area (Å²) in [6, 6.07) is 6.45.